The summed E-state index contributed by atoms with van der Waals surface area (Å²) >= 11 is 5.51. The molecule has 1 saturated carbocycles. The highest BCUT2D eigenvalue weighted by Gasteiger charge is 2.16. The molecule has 0 heterocycles. The minimum atomic E-state index is 0.567. The predicted octanol–water partition coefficient (Wildman–Crippen LogP) is 3.64. The van der Waals surface area contributed by atoms with Crippen molar-refractivity contribution in [1.82, 2.24) is 5.32 Å². The zero-order valence-corrected chi connectivity index (χ0v) is 12.1. The van der Waals surface area contributed by atoms with Crippen molar-refractivity contribution in [3.05, 3.63) is 29.8 Å². The smallest absolute Gasteiger partial charge is 0.173 e. The summed E-state index contributed by atoms with van der Waals surface area (Å²) in [5.41, 5.74) is 2.44. The highest BCUT2D eigenvalue weighted by molar-refractivity contribution is 7.80. The number of nitrogens with one attached hydrogen (secondary N) is 1. The molecule has 0 aliphatic heterocycles. The fourth-order valence-corrected chi connectivity index (χ4v) is 2.83. The van der Waals surface area contributed by atoms with Crippen LogP contribution in [0.3, 0.4) is 0 Å². The maximum Gasteiger partial charge on any atom is 0.173 e. The maximum atomic E-state index is 5.51. The molecule has 0 aromatic heterocycles. The van der Waals surface area contributed by atoms with Crippen LogP contribution in [0.5, 0.6) is 0 Å². The van der Waals surface area contributed by atoms with E-state index in [0.717, 1.165) is 5.11 Å². The first-order valence-electron chi connectivity index (χ1n) is 6.78. The second kappa shape index (κ2) is 6.19. The van der Waals surface area contributed by atoms with E-state index in [1.807, 2.05) is 7.05 Å². The molecule has 0 unspecified atom stereocenters. The number of anilines is 1. The Labute approximate surface area is 115 Å². The molecule has 1 aliphatic rings. The highest BCUT2D eigenvalue weighted by atomic mass is 32.1. The Hall–Kier alpha value is -1.09. The van der Waals surface area contributed by atoms with E-state index in [2.05, 4.69) is 41.4 Å². The van der Waals surface area contributed by atoms with Crippen LogP contribution in [0.15, 0.2) is 24.3 Å². The predicted molar refractivity (Wildman–Crippen MR) is 82.2 cm³/mol. The Morgan fingerprint density at radius 3 is 2.56 bits per heavy atom. The highest BCUT2D eigenvalue weighted by Crippen LogP contribution is 2.20. The van der Waals surface area contributed by atoms with Crippen molar-refractivity contribution in [3.8, 4) is 0 Å². The average Bonchev–Trinajstić information content (AvgIpc) is 2.39. The molecular weight excluding hydrogens is 240 g/mol. The summed E-state index contributed by atoms with van der Waals surface area (Å²) in [6.07, 6.45) is 6.53. The van der Waals surface area contributed by atoms with E-state index in [1.54, 1.807) is 0 Å². The Bertz CT molecular complexity index is 411. The third kappa shape index (κ3) is 3.22. The lowest BCUT2D eigenvalue weighted by Crippen LogP contribution is -2.43. The largest absolute Gasteiger partial charge is 0.360 e. The number of nitrogens with zero attached hydrogens (tertiary/aromatic N) is 1. The van der Waals surface area contributed by atoms with Gasteiger partial charge in [0.15, 0.2) is 5.11 Å². The van der Waals surface area contributed by atoms with E-state index in [1.165, 1.54) is 43.4 Å². The normalized spacial score (nSPS) is 16.3. The lowest BCUT2D eigenvalue weighted by Gasteiger charge is -2.29. The summed E-state index contributed by atoms with van der Waals surface area (Å²) in [7, 11) is 2.04. The molecule has 0 saturated heterocycles. The summed E-state index contributed by atoms with van der Waals surface area (Å²) in [5.74, 6) is 0. The van der Waals surface area contributed by atoms with Gasteiger partial charge in [0.1, 0.15) is 0 Å². The van der Waals surface area contributed by atoms with Crippen molar-refractivity contribution in [3.63, 3.8) is 0 Å². The molecule has 98 valence electrons. The van der Waals surface area contributed by atoms with Gasteiger partial charge in [-0.15, -0.1) is 0 Å². The molecular formula is C15H22N2S. The fourth-order valence-electron chi connectivity index (χ4n) is 2.57. The Kier molecular flexibility index (Phi) is 4.59. The minimum Gasteiger partial charge on any atom is -0.360 e. The molecule has 1 aromatic rings. The summed E-state index contributed by atoms with van der Waals surface area (Å²) < 4.78 is 0. The number of aryl methyl sites for hydroxylation is 1. The van der Waals surface area contributed by atoms with Gasteiger partial charge < -0.3 is 10.2 Å². The molecule has 1 N–H and O–H groups in total. The number of para-hydroxylation sites is 1. The third-order valence-corrected chi connectivity index (χ3v) is 4.11. The lowest BCUT2D eigenvalue weighted by atomic mass is 9.96. The Balaban J connectivity index is 1.98. The van der Waals surface area contributed by atoms with Gasteiger partial charge in [-0.25, -0.2) is 0 Å². The van der Waals surface area contributed by atoms with E-state index in [0.29, 0.717) is 6.04 Å². The SMILES string of the molecule is Cc1ccccc1N(C)C(=S)NC1CCCCC1. The average molecular weight is 262 g/mol. The molecule has 0 bridgehead atoms. The van der Waals surface area contributed by atoms with E-state index < -0.39 is 0 Å². The van der Waals surface area contributed by atoms with Crippen molar-refractivity contribution in [1.29, 1.82) is 0 Å². The monoisotopic (exact) mass is 262 g/mol. The Morgan fingerprint density at radius 1 is 1.22 bits per heavy atom. The van der Waals surface area contributed by atoms with Gasteiger partial charge >= 0.3 is 0 Å². The molecule has 18 heavy (non-hydrogen) atoms. The van der Waals surface area contributed by atoms with Gasteiger partial charge in [-0.05, 0) is 43.6 Å². The molecule has 0 atom stereocenters. The second-order valence-corrected chi connectivity index (χ2v) is 5.52. The first-order valence-corrected chi connectivity index (χ1v) is 7.19. The van der Waals surface area contributed by atoms with Crippen LogP contribution in [0.25, 0.3) is 0 Å². The molecule has 0 radical (unpaired) electrons. The summed E-state index contributed by atoms with van der Waals surface area (Å²) in [6.45, 7) is 2.12. The van der Waals surface area contributed by atoms with Gasteiger partial charge in [-0.3, -0.25) is 0 Å². The van der Waals surface area contributed by atoms with Crippen molar-refractivity contribution in [2.45, 2.75) is 45.1 Å². The van der Waals surface area contributed by atoms with Crippen molar-refractivity contribution in [2.24, 2.45) is 0 Å². The number of thiocarbonyl (C=S) groups is 1. The molecule has 2 rings (SSSR count). The van der Waals surface area contributed by atoms with Crippen molar-refractivity contribution < 1.29 is 0 Å². The van der Waals surface area contributed by atoms with Crippen molar-refractivity contribution >= 4 is 23.0 Å². The van der Waals surface area contributed by atoms with Gasteiger partial charge in [0, 0.05) is 18.8 Å². The van der Waals surface area contributed by atoms with Crippen LogP contribution in [-0.4, -0.2) is 18.2 Å². The third-order valence-electron chi connectivity index (χ3n) is 3.71. The first kappa shape index (κ1) is 13.3. The van der Waals surface area contributed by atoms with Crippen LogP contribution in [0.2, 0.25) is 0 Å². The summed E-state index contributed by atoms with van der Waals surface area (Å²) in [5, 5.41) is 4.35. The summed E-state index contributed by atoms with van der Waals surface area (Å²) in [6, 6.07) is 8.92. The molecule has 1 aromatic carbocycles. The van der Waals surface area contributed by atoms with Crippen LogP contribution in [0.4, 0.5) is 5.69 Å². The fraction of sp³-hybridized carbons (Fsp3) is 0.533. The van der Waals surface area contributed by atoms with Gasteiger partial charge in [0.25, 0.3) is 0 Å². The standard InChI is InChI=1S/C15H22N2S/c1-12-8-6-7-11-14(12)17(2)15(18)16-13-9-4-3-5-10-13/h6-8,11,13H,3-5,9-10H2,1-2H3,(H,16,18). The van der Waals surface area contributed by atoms with Crippen LogP contribution >= 0.6 is 12.2 Å². The molecule has 1 fully saturated rings. The summed E-state index contributed by atoms with van der Waals surface area (Å²) in [4.78, 5) is 2.08. The lowest BCUT2D eigenvalue weighted by molar-refractivity contribution is 0.414. The molecule has 2 nitrogen and oxygen atoms in total. The van der Waals surface area contributed by atoms with Crippen LogP contribution in [0.1, 0.15) is 37.7 Å². The topological polar surface area (TPSA) is 15.3 Å². The quantitative estimate of drug-likeness (QED) is 0.819. The van der Waals surface area contributed by atoms with Crippen molar-refractivity contribution in [2.75, 3.05) is 11.9 Å². The Morgan fingerprint density at radius 2 is 1.89 bits per heavy atom. The first-order chi connectivity index (χ1) is 8.68. The van der Waals surface area contributed by atoms with Gasteiger partial charge in [0.2, 0.25) is 0 Å². The van der Waals surface area contributed by atoms with Crippen LogP contribution in [0, 0.1) is 6.92 Å². The van der Waals surface area contributed by atoms with E-state index in [4.69, 9.17) is 12.2 Å². The number of benzene rings is 1. The molecule has 3 heteroatoms. The molecule has 0 spiro atoms. The van der Waals surface area contributed by atoms with Crippen LogP contribution in [-0.2, 0) is 0 Å². The number of hydrogen-bond donors (Lipinski definition) is 1. The molecule has 1 aliphatic carbocycles. The number of hydrogen-bond acceptors (Lipinski definition) is 1. The minimum absolute atomic E-state index is 0.567. The zero-order chi connectivity index (χ0) is 13.0. The van der Waals surface area contributed by atoms with E-state index in [9.17, 15) is 0 Å². The second-order valence-electron chi connectivity index (χ2n) is 5.13. The molecule has 0 amide bonds. The van der Waals surface area contributed by atoms with Gasteiger partial charge in [-0.2, -0.15) is 0 Å². The number of rotatable bonds is 2. The zero-order valence-electron chi connectivity index (χ0n) is 11.3. The van der Waals surface area contributed by atoms with E-state index >= 15 is 0 Å². The van der Waals surface area contributed by atoms with Crippen LogP contribution < -0.4 is 10.2 Å². The van der Waals surface area contributed by atoms with Gasteiger partial charge in [0.05, 0.1) is 0 Å². The maximum absolute atomic E-state index is 5.51. The van der Waals surface area contributed by atoms with E-state index in [-0.39, 0.29) is 0 Å². The van der Waals surface area contributed by atoms with Gasteiger partial charge in [-0.1, -0.05) is 37.5 Å².